The van der Waals surface area contributed by atoms with Gasteiger partial charge in [0.25, 0.3) is 5.91 Å². The van der Waals surface area contributed by atoms with Crippen molar-refractivity contribution >= 4 is 45.8 Å². The highest BCUT2D eigenvalue weighted by atomic mass is 16.1. The number of benzene rings is 2. The number of nitrogens with one attached hydrogen (secondary N) is 2. The molecule has 36 heavy (non-hydrogen) atoms. The van der Waals surface area contributed by atoms with Crippen molar-refractivity contribution in [3.8, 4) is 23.5 Å². The van der Waals surface area contributed by atoms with Crippen molar-refractivity contribution in [2.24, 2.45) is 0 Å². The molecular formula is C27H26N8O. The molecule has 5 rings (SSSR count). The predicted molar refractivity (Wildman–Crippen MR) is 144 cm³/mol. The number of piperazine rings is 1. The van der Waals surface area contributed by atoms with Gasteiger partial charge in [-0.1, -0.05) is 24.3 Å². The van der Waals surface area contributed by atoms with E-state index < -0.39 is 5.91 Å². The maximum absolute atomic E-state index is 11.6. The molecule has 1 saturated heterocycles. The van der Waals surface area contributed by atoms with E-state index in [4.69, 9.17) is 17.1 Å². The maximum Gasteiger partial charge on any atom is 0.300 e. The summed E-state index contributed by atoms with van der Waals surface area (Å²) >= 11 is 0. The van der Waals surface area contributed by atoms with Gasteiger partial charge in [0, 0.05) is 42.8 Å². The van der Waals surface area contributed by atoms with Crippen LogP contribution in [0, 0.1) is 12.3 Å². The highest BCUT2D eigenvalue weighted by Gasteiger charge is 2.16. The molecule has 2 aromatic heterocycles. The Morgan fingerprint density at radius 1 is 1.03 bits per heavy atom. The van der Waals surface area contributed by atoms with E-state index in [1.54, 1.807) is 12.3 Å². The van der Waals surface area contributed by atoms with Gasteiger partial charge in [0.1, 0.15) is 11.6 Å². The third-order valence-electron chi connectivity index (χ3n) is 6.15. The highest BCUT2D eigenvalue weighted by Crippen LogP contribution is 2.32. The predicted octanol–water partition coefficient (Wildman–Crippen LogP) is 3.34. The van der Waals surface area contributed by atoms with Crippen LogP contribution < -0.4 is 21.3 Å². The number of aromatic nitrogens is 3. The normalized spacial score (nSPS) is 13.8. The third-order valence-corrected chi connectivity index (χ3v) is 6.15. The summed E-state index contributed by atoms with van der Waals surface area (Å²) < 4.78 is 0. The van der Waals surface area contributed by atoms with E-state index in [1.165, 1.54) is 0 Å². The van der Waals surface area contributed by atoms with Gasteiger partial charge in [0.2, 0.25) is 5.95 Å². The molecule has 0 saturated carbocycles. The van der Waals surface area contributed by atoms with Gasteiger partial charge >= 0.3 is 0 Å². The Morgan fingerprint density at radius 2 is 1.83 bits per heavy atom. The van der Waals surface area contributed by atoms with Crippen molar-refractivity contribution in [2.45, 2.75) is 0 Å². The van der Waals surface area contributed by atoms with E-state index in [-0.39, 0.29) is 0 Å². The molecule has 4 N–H and O–H groups in total. The number of terminal acetylenes is 1. The number of nitrogens with two attached hydrogens (primary N) is 1. The lowest BCUT2D eigenvalue weighted by molar-refractivity contribution is -0.111. The van der Waals surface area contributed by atoms with Crippen molar-refractivity contribution in [3.63, 3.8) is 0 Å². The molecule has 180 valence electrons. The number of fused-ring (bicyclic) bond motifs is 1. The van der Waals surface area contributed by atoms with Gasteiger partial charge in [-0.25, -0.2) is 9.97 Å². The number of nitrogen functional groups attached to an aromatic ring is 1. The number of anilines is 5. The molecule has 0 unspecified atom stereocenters. The van der Waals surface area contributed by atoms with Gasteiger partial charge in [-0.05, 0) is 48.9 Å². The molecule has 4 aromatic rings. The van der Waals surface area contributed by atoms with E-state index in [2.05, 4.69) is 43.4 Å². The summed E-state index contributed by atoms with van der Waals surface area (Å²) in [5.41, 5.74) is 10.1. The monoisotopic (exact) mass is 478 g/mol. The number of rotatable bonds is 5. The Bertz CT molecular complexity index is 1450. The fraction of sp³-hybridized carbons (Fsp3) is 0.185. The maximum atomic E-state index is 11.6. The van der Waals surface area contributed by atoms with Crippen molar-refractivity contribution < 1.29 is 4.79 Å². The molecule has 0 atom stereocenters. The number of carbonyl (C=O) groups excluding carboxylic acids is 1. The second-order valence-corrected chi connectivity index (χ2v) is 8.63. The lowest BCUT2D eigenvalue weighted by Crippen LogP contribution is -2.44. The summed E-state index contributed by atoms with van der Waals surface area (Å²) in [6.07, 6.45) is 6.96. The Balaban J connectivity index is 1.43. The molecule has 1 aliphatic rings. The fourth-order valence-electron chi connectivity index (χ4n) is 4.21. The number of carbonyl (C=O) groups is 1. The smallest absolute Gasteiger partial charge is 0.300 e. The summed E-state index contributed by atoms with van der Waals surface area (Å²) in [5, 5.41) is 6.64. The van der Waals surface area contributed by atoms with Crippen LogP contribution in [0.1, 0.15) is 0 Å². The molecule has 2 aromatic carbocycles. The summed E-state index contributed by atoms with van der Waals surface area (Å²) in [4.78, 5) is 30.1. The molecule has 1 amide bonds. The molecule has 1 fully saturated rings. The lowest BCUT2D eigenvalue weighted by Gasteiger charge is -2.33. The fourth-order valence-corrected chi connectivity index (χ4v) is 4.21. The van der Waals surface area contributed by atoms with Gasteiger partial charge in [0.15, 0.2) is 0 Å². The summed E-state index contributed by atoms with van der Waals surface area (Å²) in [7, 11) is 2.13. The third kappa shape index (κ3) is 4.89. The Morgan fingerprint density at radius 3 is 2.58 bits per heavy atom. The van der Waals surface area contributed by atoms with E-state index in [0.29, 0.717) is 23.0 Å². The van der Waals surface area contributed by atoms with Crippen molar-refractivity contribution in [1.82, 2.24) is 19.9 Å². The molecule has 9 heteroatoms. The van der Waals surface area contributed by atoms with Crippen molar-refractivity contribution in [1.29, 1.82) is 0 Å². The Kier molecular flexibility index (Phi) is 6.34. The standard InChI is InChI=1S/C27H26N8O/c1-3-24(36)30-19-7-4-6-18(16-19)21-8-5-9-22-25(21)32-27(33-26(22)28)31-20-10-11-23(29-17-20)35-14-12-34(2)13-15-35/h1,4-11,16-17H,12-15H2,2H3,(H,30,36)(H3,28,31,32,33). The van der Waals surface area contributed by atoms with E-state index in [9.17, 15) is 4.79 Å². The van der Waals surface area contributed by atoms with Crippen molar-refractivity contribution in [3.05, 3.63) is 60.8 Å². The molecule has 1 aliphatic heterocycles. The zero-order valence-electron chi connectivity index (χ0n) is 19.9. The minimum atomic E-state index is -0.504. The zero-order chi connectivity index (χ0) is 25.1. The minimum Gasteiger partial charge on any atom is -0.383 e. The van der Waals surface area contributed by atoms with Crippen LogP contribution in [-0.4, -0.2) is 59.0 Å². The molecule has 0 radical (unpaired) electrons. The summed E-state index contributed by atoms with van der Waals surface area (Å²) in [6, 6.07) is 17.1. The second-order valence-electron chi connectivity index (χ2n) is 8.63. The van der Waals surface area contributed by atoms with Crippen LogP contribution in [0.2, 0.25) is 0 Å². The minimum absolute atomic E-state index is 0.364. The number of amides is 1. The average Bonchev–Trinajstić information content (AvgIpc) is 2.89. The van der Waals surface area contributed by atoms with Crippen LogP contribution in [0.25, 0.3) is 22.0 Å². The average molecular weight is 479 g/mol. The molecule has 0 spiro atoms. The molecule has 0 aliphatic carbocycles. The zero-order valence-corrected chi connectivity index (χ0v) is 19.9. The largest absolute Gasteiger partial charge is 0.383 e. The van der Waals surface area contributed by atoms with Gasteiger partial charge in [-0.15, -0.1) is 6.42 Å². The first-order valence-electron chi connectivity index (χ1n) is 11.6. The van der Waals surface area contributed by atoms with Gasteiger partial charge in [-0.3, -0.25) is 4.79 Å². The van der Waals surface area contributed by atoms with Crippen LogP contribution in [-0.2, 0) is 4.79 Å². The number of hydrogen-bond donors (Lipinski definition) is 3. The van der Waals surface area contributed by atoms with Crippen LogP contribution in [0.15, 0.2) is 60.8 Å². The Labute approximate surface area is 209 Å². The number of pyridine rings is 1. The van der Waals surface area contributed by atoms with Crippen LogP contribution in [0.4, 0.5) is 29.0 Å². The lowest BCUT2D eigenvalue weighted by atomic mass is 10.0. The molecular weight excluding hydrogens is 452 g/mol. The van der Waals surface area contributed by atoms with Crippen LogP contribution in [0.3, 0.4) is 0 Å². The van der Waals surface area contributed by atoms with Crippen molar-refractivity contribution in [2.75, 3.05) is 54.5 Å². The van der Waals surface area contributed by atoms with Crippen LogP contribution >= 0.6 is 0 Å². The first-order valence-corrected chi connectivity index (χ1v) is 11.6. The van der Waals surface area contributed by atoms with E-state index in [1.807, 2.05) is 48.5 Å². The summed E-state index contributed by atoms with van der Waals surface area (Å²) in [5.74, 6) is 3.24. The first-order chi connectivity index (χ1) is 17.5. The highest BCUT2D eigenvalue weighted by molar-refractivity contribution is 6.04. The second kappa shape index (κ2) is 9.90. The number of likely N-dealkylation sites (N-methyl/N-ethyl adjacent to an activating group) is 1. The van der Waals surface area contributed by atoms with Gasteiger partial charge in [0.05, 0.1) is 17.4 Å². The van der Waals surface area contributed by atoms with Gasteiger partial charge in [-0.2, -0.15) is 4.98 Å². The quantitative estimate of drug-likeness (QED) is 0.375. The summed E-state index contributed by atoms with van der Waals surface area (Å²) in [6.45, 7) is 3.95. The topological polar surface area (TPSA) is 112 Å². The molecule has 3 heterocycles. The Hall–Kier alpha value is -4.68. The molecule has 0 bridgehead atoms. The van der Waals surface area contributed by atoms with Crippen LogP contribution in [0.5, 0.6) is 0 Å². The first kappa shape index (κ1) is 23.1. The number of hydrogen-bond acceptors (Lipinski definition) is 8. The van der Waals surface area contributed by atoms with E-state index >= 15 is 0 Å². The van der Waals surface area contributed by atoms with Gasteiger partial charge < -0.3 is 26.2 Å². The number of nitrogens with zero attached hydrogens (tertiary/aromatic N) is 5. The number of para-hydroxylation sites is 1. The molecule has 9 nitrogen and oxygen atoms in total. The SMILES string of the molecule is C#CC(=O)Nc1cccc(-c2cccc3c(N)nc(Nc4ccc(N5CCN(C)CC5)nc4)nc23)c1. The van der Waals surface area contributed by atoms with E-state index in [0.717, 1.165) is 54.2 Å².